The van der Waals surface area contributed by atoms with Crippen molar-refractivity contribution in [1.29, 1.82) is 0 Å². The molecule has 3 aromatic rings. The zero-order valence-corrected chi connectivity index (χ0v) is 20.9. The van der Waals surface area contributed by atoms with Gasteiger partial charge in [-0.3, -0.25) is 4.79 Å². The molecule has 0 spiro atoms. The van der Waals surface area contributed by atoms with E-state index >= 15 is 0 Å². The summed E-state index contributed by atoms with van der Waals surface area (Å²) in [6, 6.07) is 22.1. The maximum atomic E-state index is 13.1. The third-order valence-corrected chi connectivity index (χ3v) is 7.08. The molecular formula is C31H34N2O3. The van der Waals surface area contributed by atoms with Crippen LogP contribution in [0.3, 0.4) is 0 Å². The van der Waals surface area contributed by atoms with Crippen LogP contribution in [0.2, 0.25) is 0 Å². The van der Waals surface area contributed by atoms with E-state index in [4.69, 9.17) is 4.74 Å². The Hall–Kier alpha value is -3.41. The quantitative estimate of drug-likeness (QED) is 0.453. The van der Waals surface area contributed by atoms with Crippen molar-refractivity contribution >= 4 is 17.7 Å². The summed E-state index contributed by atoms with van der Waals surface area (Å²) >= 11 is 0. The lowest BCUT2D eigenvalue weighted by Crippen LogP contribution is -2.33. The van der Waals surface area contributed by atoms with Gasteiger partial charge in [-0.15, -0.1) is 0 Å². The van der Waals surface area contributed by atoms with Crippen LogP contribution in [0, 0.1) is 6.92 Å². The standard InChI is InChI=1S/C31H34N2O3/c1-22-5-7-23(8-6-22)25-11-14-30-27(19-25)20-26(15-18-36-30)31(35)32-28-12-9-24(10-13-28)29(34)21-33-16-3-2-4-17-33/h5-14,19-20,29,34H,2-4,15-18,21H2,1H3,(H,32,35). The monoisotopic (exact) mass is 482 g/mol. The lowest BCUT2D eigenvalue weighted by molar-refractivity contribution is -0.113. The number of β-amino-alcohol motifs (C(OH)–C–C–N with tert-alkyl or cyclic N) is 1. The van der Waals surface area contributed by atoms with Crippen LogP contribution in [0.15, 0.2) is 72.3 Å². The van der Waals surface area contributed by atoms with Gasteiger partial charge in [0.1, 0.15) is 5.75 Å². The van der Waals surface area contributed by atoms with E-state index in [1.165, 1.54) is 24.8 Å². The lowest BCUT2D eigenvalue weighted by Gasteiger charge is -2.28. The maximum Gasteiger partial charge on any atom is 0.251 e. The van der Waals surface area contributed by atoms with Crippen molar-refractivity contribution in [2.75, 3.05) is 31.6 Å². The molecule has 1 amide bonds. The fraction of sp³-hybridized carbons (Fsp3) is 0.323. The average molecular weight is 483 g/mol. The van der Waals surface area contributed by atoms with Gasteiger partial charge < -0.3 is 20.1 Å². The molecule has 0 bridgehead atoms. The summed E-state index contributed by atoms with van der Waals surface area (Å²) in [5, 5.41) is 13.7. The van der Waals surface area contributed by atoms with Gasteiger partial charge in [0.2, 0.25) is 0 Å². The number of amides is 1. The van der Waals surface area contributed by atoms with Gasteiger partial charge in [0, 0.05) is 29.8 Å². The van der Waals surface area contributed by atoms with Crippen LogP contribution in [0.1, 0.15) is 48.5 Å². The van der Waals surface area contributed by atoms with E-state index in [0.717, 1.165) is 41.1 Å². The van der Waals surface area contributed by atoms with Crippen LogP contribution in [-0.4, -0.2) is 42.2 Å². The smallest absolute Gasteiger partial charge is 0.251 e. The van der Waals surface area contributed by atoms with Gasteiger partial charge in [0.05, 0.1) is 12.7 Å². The number of aryl methyl sites for hydroxylation is 1. The molecule has 1 unspecified atom stereocenters. The fourth-order valence-corrected chi connectivity index (χ4v) is 4.92. The molecule has 36 heavy (non-hydrogen) atoms. The first-order valence-electron chi connectivity index (χ1n) is 12.9. The number of benzene rings is 3. The number of aliphatic hydroxyl groups is 1. The normalized spacial score (nSPS) is 16.8. The SMILES string of the molecule is Cc1ccc(-c2ccc3c(c2)C=C(C(=O)Nc2ccc(C(O)CN4CCCCC4)cc2)CCO3)cc1. The predicted molar refractivity (Wildman–Crippen MR) is 145 cm³/mol. The van der Waals surface area contributed by atoms with Crippen molar-refractivity contribution in [1.82, 2.24) is 4.90 Å². The number of nitrogens with zero attached hydrogens (tertiary/aromatic N) is 1. The number of carbonyl (C=O) groups excluding carboxylic acids is 1. The third-order valence-electron chi connectivity index (χ3n) is 7.08. The van der Waals surface area contributed by atoms with E-state index in [2.05, 4.69) is 53.5 Å². The maximum absolute atomic E-state index is 13.1. The molecule has 1 atom stereocenters. The minimum absolute atomic E-state index is 0.131. The van der Waals surface area contributed by atoms with E-state index in [1.54, 1.807) is 0 Å². The Morgan fingerprint density at radius 1 is 0.972 bits per heavy atom. The zero-order valence-electron chi connectivity index (χ0n) is 20.9. The Kier molecular flexibility index (Phi) is 7.49. The van der Waals surface area contributed by atoms with Gasteiger partial charge in [0.25, 0.3) is 5.91 Å². The molecule has 5 heteroatoms. The van der Waals surface area contributed by atoms with E-state index in [9.17, 15) is 9.90 Å². The number of hydrogen-bond donors (Lipinski definition) is 2. The summed E-state index contributed by atoms with van der Waals surface area (Å²) in [5.41, 5.74) is 6.63. The number of anilines is 1. The van der Waals surface area contributed by atoms with Crippen molar-refractivity contribution in [3.05, 3.63) is 89.0 Å². The first kappa shape index (κ1) is 24.3. The van der Waals surface area contributed by atoms with Crippen LogP contribution in [0.5, 0.6) is 5.75 Å². The minimum Gasteiger partial charge on any atom is -0.493 e. The molecule has 0 saturated carbocycles. The topological polar surface area (TPSA) is 61.8 Å². The number of carbonyl (C=O) groups is 1. The van der Waals surface area contributed by atoms with Crippen LogP contribution < -0.4 is 10.1 Å². The summed E-state index contributed by atoms with van der Waals surface area (Å²) in [6.07, 6.45) is 5.64. The summed E-state index contributed by atoms with van der Waals surface area (Å²) in [6.45, 7) is 5.30. The Morgan fingerprint density at radius 3 is 2.44 bits per heavy atom. The van der Waals surface area contributed by atoms with E-state index in [1.807, 2.05) is 36.4 Å². The molecular weight excluding hydrogens is 448 g/mol. The van der Waals surface area contributed by atoms with E-state index < -0.39 is 6.10 Å². The van der Waals surface area contributed by atoms with Crippen LogP contribution in [0.25, 0.3) is 17.2 Å². The Bertz CT molecular complexity index is 1230. The molecule has 3 aromatic carbocycles. The molecule has 0 aliphatic carbocycles. The minimum atomic E-state index is -0.520. The number of aliphatic hydroxyl groups excluding tert-OH is 1. The molecule has 2 heterocycles. The zero-order chi connectivity index (χ0) is 24.9. The summed E-state index contributed by atoms with van der Waals surface area (Å²) < 4.78 is 5.93. The number of fused-ring (bicyclic) bond motifs is 1. The van der Waals surface area contributed by atoms with Gasteiger partial charge in [-0.25, -0.2) is 0 Å². The first-order chi connectivity index (χ1) is 17.5. The Morgan fingerprint density at radius 2 is 1.69 bits per heavy atom. The third kappa shape index (κ3) is 5.86. The second-order valence-corrected chi connectivity index (χ2v) is 9.84. The number of ether oxygens (including phenoxy) is 1. The number of nitrogens with one attached hydrogen (secondary N) is 1. The second kappa shape index (κ2) is 11.1. The lowest BCUT2D eigenvalue weighted by atomic mass is 10.00. The number of hydrogen-bond acceptors (Lipinski definition) is 4. The number of likely N-dealkylation sites (tertiary alicyclic amines) is 1. The van der Waals surface area contributed by atoms with Crippen LogP contribution in [-0.2, 0) is 4.79 Å². The first-order valence-corrected chi connectivity index (χ1v) is 12.9. The summed E-state index contributed by atoms with van der Waals surface area (Å²) in [7, 11) is 0. The Labute approximate surface area is 213 Å². The van der Waals surface area contributed by atoms with E-state index in [-0.39, 0.29) is 5.91 Å². The number of rotatable bonds is 6. The molecule has 2 aliphatic heterocycles. The van der Waals surface area contributed by atoms with Gasteiger partial charge in [-0.1, -0.05) is 54.4 Å². The molecule has 5 nitrogen and oxygen atoms in total. The second-order valence-electron chi connectivity index (χ2n) is 9.84. The molecule has 1 saturated heterocycles. The Balaban J connectivity index is 1.27. The average Bonchev–Trinajstić information content (AvgIpc) is 3.12. The highest BCUT2D eigenvalue weighted by molar-refractivity contribution is 6.07. The molecule has 0 aromatic heterocycles. The van der Waals surface area contributed by atoms with Gasteiger partial charge in [0.15, 0.2) is 0 Å². The van der Waals surface area contributed by atoms with Gasteiger partial charge in [-0.2, -0.15) is 0 Å². The highest BCUT2D eigenvalue weighted by Gasteiger charge is 2.18. The predicted octanol–water partition coefficient (Wildman–Crippen LogP) is 5.99. The van der Waals surface area contributed by atoms with Gasteiger partial charge >= 0.3 is 0 Å². The highest BCUT2D eigenvalue weighted by atomic mass is 16.5. The molecule has 186 valence electrons. The summed E-state index contributed by atoms with van der Waals surface area (Å²) in [5.74, 6) is 0.662. The fourth-order valence-electron chi connectivity index (χ4n) is 4.92. The highest BCUT2D eigenvalue weighted by Crippen LogP contribution is 2.31. The summed E-state index contributed by atoms with van der Waals surface area (Å²) in [4.78, 5) is 15.4. The molecule has 2 aliphatic rings. The van der Waals surface area contributed by atoms with Crippen LogP contribution in [0.4, 0.5) is 5.69 Å². The van der Waals surface area contributed by atoms with Crippen molar-refractivity contribution in [3.8, 4) is 16.9 Å². The molecule has 1 fully saturated rings. The van der Waals surface area contributed by atoms with Crippen LogP contribution >= 0.6 is 0 Å². The molecule has 2 N–H and O–H groups in total. The largest absolute Gasteiger partial charge is 0.493 e. The molecule has 5 rings (SSSR count). The van der Waals surface area contributed by atoms with Crippen molar-refractivity contribution in [2.24, 2.45) is 0 Å². The van der Waals surface area contributed by atoms with E-state index in [0.29, 0.717) is 30.8 Å². The number of piperidine rings is 1. The van der Waals surface area contributed by atoms with Crippen molar-refractivity contribution < 1.29 is 14.6 Å². The van der Waals surface area contributed by atoms with Gasteiger partial charge in [-0.05, 0) is 79.9 Å². The van der Waals surface area contributed by atoms with Crippen molar-refractivity contribution in [3.63, 3.8) is 0 Å². The van der Waals surface area contributed by atoms with Crippen molar-refractivity contribution in [2.45, 2.75) is 38.7 Å². The molecule has 0 radical (unpaired) electrons.